The van der Waals surface area contributed by atoms with Gasteiger partial charge in [0.25, 0.3) is 0 Å². The summed E-state index contributed by atoms with van der Waals surface area (Å²) in [5, 5.41) is 12.4. The van der Waals surface area contributed by atoms with Gasteiger partial charge in [0.2, 0.25) is 5.82 Å². The molecule has 0 aliphatic carbocycles. The van der Waals surface area contributed by atoms with Gasteiger partial charge in [-0.3, -0.25) is 4.79 Å². The molecule has 3 aromatic rings. The molecule has 1 heterocycles. The quantitative estimate of drug-likeness (QED) is 0.597. The zero-order valence-corrected chi connectivity index (χ0v) is 15.8. The van der Waals surface area contributed by atoms with Gasteiger partial charge in [0.1, 0.15) is 18.0 Å². The minimum Gasteiger partial charge on any atom is -0.497 e. The maximum atomic E-state index is 12.6. The van der Waals surface area contributed by atoms with Gasteiger partial charge in [-0.1, -0.05) is 38.1 Å². The average Bonchev–Trinajstić information content (AvgIpc) is 3.15. The molecule has 0 saturated heterocycles. The van der Waals surface area contributed by atoms with Crippen molar-refractivity contribution in [3.63, 3.8) is 0 Å². The Morgan fingerprint density at radius 2 is 1.81 bits per heavy atom. The molecule has 0 saturated carbocycles. The molecular weight excluding hydrogens is 344 g/mol. The van der Waals surface area contributed by atoms with E-state index in [2.05, 4.69) is 29.3 Å². The number of methoxy groups -OCH3 is 2. The Hall–Kier alpha value is -3.22. The number of rotatable bonds is 7. The van der Waals surface area contributed by atoms with E-state index in [-0.39, 0.29) is 12.3 Å². The SMILES string of the molecule is COc1ccc(C(=O)Cn2nnc(-c3ccc(C(C)C)cc3)n2)c(OC)c1. The minimum atomic E-state index is -0.173. The maximum Gasteiger partial charge on any atom is 0.204 e. The number of carbonyl (C=O) groups excluding carboxylic acids is 1. The van der Waals surface area contributed by atoms with Crippen molar-refractivity contribution in [1.82, 2.24) is 20.2 Å². The summed E-state index contributed by atoms with van der Waals surface area (Å²) in [5.74, 6) is 1.84. The van der Waals surface area contributed by atoms with E-state index in [0.717, 1.165) is 5.56 Å². The predicted octanol–water partition coefficient (Wildman–Crippen LogP) is 3.36. The third kappa shape index (κ3) is 4.13. The molecule has 0 bridgehead atoms. The van der Waals surface area contributed by atoms with E-state index in [4.69, 9.17) is 9.47 Å². The van der Waals surface area contributed by atoms with Crippen molar-refractivity contribution in [2.24, 2.45) is 0 Å². The fourth-order valence-electron chi connectivity index (χ4n) is 2.69. The summed E-state index contributed by atoms with van der Waals surface area (Å²) < 4.78 is 10.4. The van der Waals surface area contributed by atoms with Gasteiger partial charge in [-0.15, -0.1) is 10.2 Å². The first kappa shape index (κ1) is 18.6. The van der Waals surface area contributed by atoms with Crippen LogP contribution in [0.5, 0.6) is 11.5 Å². The molecule has 1 aromatic heterocycles. The average molecular weight is 366 g/mol. The monoisotopic (exact) mass is 366 g/mol. The number of aromatic nitrogens is 4. The molecule has 0 radical (unpaired) electrons. The lowest BCUT2D eigenvalue weighted by atomic mass is 10.0. The van der Waals surface area contributed by atoms with E-state index >= 15 is 0 Å². The Morgan fingerprint density at radius 3 is 2.44 bits per heavy atom. The Morgan fingerprint density at radius 1 is 1.07 bits per heavy atom. The van der Waals surface area contributed by atoms with Gasteiger partial charge in [-0.05, 0) is 28.8 Å². The van der Waals surface area contributed by atoms with Crippen LogP contribution in [0.25, 0.3) is 11.4 Å². The molecule has 0 atom stereocenters. The second-order valence-electron chi connectivity index (χ2n) is 6.41. The van der Waals surface area contributed by atoms with Gasteiger partial charge in [0.15, 0.2) is 5.78 Å². The molecule has 7 nitrogen and oxygen atoms in total. The Bertz CT molecular complexity index is 933. The second-order valence-corrected chi connectivity index (χ2v) is 6.41. The zero-order valence-electron chi connectivity index (χ0n) is 15.8. The molecule has 0 aliphatic heterocycles. The van der Waals surface area contributed by atoms with Crippen LogP contribution in [0.1, 0.15) is 35.7 Å². The normalized spacial score (nSPS) is 10.9. The number of ether oxygens (including phenoxy) is 2. The highest BCUT2D eigenvalue weighted by molar-refractivity contribution is 5.98. The van der Waals surface area contributed by atoms with Gasteiger partial charge >= 0.3 is 0 Å². The molecule has 0 N–H and O–H groups in total. The molecule has 2 aromatic carbocycles. The van der Waals surface area contributed by atoms with Crippen molar-refractivity contribution in [1.29, 1.82) is 0 Å². The first-order chi connectivity index (χ1) is 13.0. The molecule has 27 heavy (non-hydrogen) atoms. The number of ketones is 1. The molecule has 0 fully saturated rings. The fourth-order valence-corrected chi connectivity index (χ4v) is 2.69. The molecule has 7 heteroatoms. The van der Waals surface area contributed by atoms with Crippen molar-refractivity contribution in [2.45, 2.75) is 26.3 Å². The third-order valence-corrected chi connectivity index (χ3v) is 4.28. The predicted molar refractivity (Wildman–Crippen MR) is 101 cm³/mol. The van der Waals surface area contributed by atoms with Crippen LogP contribution in [0.2, 0.25) is 0 Å². The number of tetrazole rings is 1. The number of hydrogen-bond acceptors (Lipinski definition) is 6. The first-order valence-corrected chi connectivity index (χ1v) is 8.65. The topological polar surface area (TPSA) is 79.1 Å². The second kappa shape index (κ2) is 7.99. The van der Waals surface area contributed by atoms with Crippen molar-refractivity contribution < 1.29 is 14.3 Å². The molecule has 0 spiro atoms. The third-order valence-electron chi connectivity index (χ3n) is 4.28. The van der Waals surface area contributed by atoms with Crippen LogP contribution >= 0.6 is 0 Å². The molecule has 0 unspecified atom stereocenters. The lowest BCUT2D eigenvalue weighted by molar-refractivity contribution is 0.0958. The lowest BCUT2D eigenvalue weighted by Crippen LogP contribution is -2.14. The van der Waals surface area contributed by atoms with Gasteiger partial charge in [0, 0.05) is 11.6 Å². The van der Waals surface area contributed by atoms with Crippen molar-refractivity contribution in [2.75, 3.05) is 14.2 Å². The minimum absolute atomic E-state index is 0.0280. The molecule has 0 amide bonds. The number of nitrogens with zero attached hydrogens (tertiary/aromatic N) is 4. The van der Waals surface area contributed by atoms with E-state index in [1.807, 2.05) is 24.3 Å². The molecule has 3 rings (SSSR count). The van der Waals surface area contributed by atoms with Crippen LogP contribution in [-0.4, -0.2) is 40.2 Å². The van der Waals surface area contributed by atoms with Crippen LogP contribution in [0.15, 0.2) is 42.5 Å². The van der Waals surface area contributed by atoms with Crippen LogP contribution in [0.3, 0.4) is 0 Å². The maximum absolute atomic E-state index is 12.6. The number of benzene rings is 2. The van der Waals surface area contributed by atoms with Crippen LogP contribution in [0.4, 0.5) is 0 Å². The summed E-state index contributed by atoms with van der Waals surface area (Å²) in [4.78, 5) is 13.9. The van der Waals surface area contributed by atoms with E-state index in [1.54, 1.807) is 25.3 Å². The summed E-state index contributed by atoms with van der Waals surface area (Å²) in [6.45, 7) is 4.25. The van der Waals surface area contributed by atoms with E-state index in [0.29, 0.717) is 28.8 Å². The summed E-state index contributed by atoms with van der Waals surface area (Å²) in [6.07, 6.45) is 0. The highest BCUT2D eigenvalue weighted by Crippen LogP contribution is 2.25. The van der Waals surface area contributed by atoms with Crippen LogP contribution in [-0.2, 0) is 6.54 Å². The van der Waals surface area contributed by atoms with Crippen molar-refractivity contribution in [3.05, 3.63) is 53.6 Å². The van der Waals surface area contributed by atoms with E-state index in [9.17, 15) is 4.79 Å². The first-order valence-electron chi connectivity index (χ1n) is 8.65. The molecular formula is C20H22N4O3. The summed E-state index contributed by atoms with van der Waals surface area (Å²) >= 11 is 0. The Kier molecular flexibility index (Phi) is 5.49. The van der Waals surface area contributed by atoms with E-state index < -0.39 is 0 Å². The van der Waals surface area contributed by atoms with Crippen molar-refractivity contribution in [3.8, 4) is 22.9 Å². The Balaban J connectivity index is 1.76. The summed E-state index contributed by atoms with van der Waals surface area (Å²) in [6, 6.07) is 13.1. The Labute approximate surface area is 157 Å². The number of carbonyl (C=O) groups is 1. The lowest BCUT2D eigenvalue weighted by Gasteiger charge is -2.09. The highest BCUT2D eigenvalue weighted by atomic mass is 16.5. The van der Waals surface area contributed by atoms with Gasteiger partial charge in [-0.2, -0.15) is 4.80 Å². The summed E-state index contributed by atoms with van der Waals surface area (Å²) in [7, 11) is 3.07. The summed E-state index contributed by atoms with van der Waals surface area (Å²) in [5.41, 5.74) is 2.55. The fraction of sp³-hybridized carbons (Fsp3) is 0.300. The van der Waals surface area contributed by atoms with Gasteiger partial charge < -0.3 is 9.47 Å². The van der Waals surface area contributed by atoms with E-state index in [1.165, 1.54) is 17.5 Å². The number of hydrogen-bond donors (Lipinski definition) is 0. The smallest absolute Gasteiger partial charge is 0.204 e. The highest BCUT2D eigenvalue weighted by Gasteiger charge is 2.16. The van der Waals surface area contributed by atoms with Crippen LogP contribution in [0, 0.1) is 0 Å². The molecule has 140 valence electrons. The van der Waals surface area contributed by atoms with Gasteiger partial charge in [-0.25, -0.2) is 0 Å². The van der Waals surface area contributed by atoms with Gasteiger partial charge in [0.05, 0.1) is 19.8 Å². The largest absolute Gasteiger partial charge is 0.497 e. The number of Topliss-reactive ketones (excluding diaryl/α,β-unsaturated/α-hetero) is 1. The molecule has 0 aliphatic rings. The standard InChI is InChI=1S/C20H22N4O3/c1-13(2)14-5-7-15(8-6-14)20-21-23-24(22-20)12-18(25)17-10-9-16(26-3)11-19(17)27-4/h5-11,13H,12H2,1-4H3. The van der Waals surface area contributed by atoms with Crippen molar-refractivity contribution >= 4 is 5.78 Å². The zero-order chi connectivity index (χ0) is 19.4. The van der Waals surface area contributed by atoms with Crippen LogP contribution < -0.4 is 9.47 Å².